The maximum absolute atomic E-state index is 4.99. The van der Waals surface area contributed by atoms with Gasteiger partial charge in [-0.05, 0) is 109 Å². The van der Waals surface area contributed by atoms with Gasteiger partial charge < -0.3 is 24.9 Å². The summed E-state index contributed by atoms with van der Waals surface area (Å²) in [5.74, 6) is 1.76. The van der Waals surface area contributed by atoms with Gasteiger partial charge in [-0.1, -0.05) is 314 Å². The van der Waals surface area contributed by atoms with Gasteiger partial charge in [-0.2, -0.15) is 0 Å². The molecule has 0 amide bonds. The second kappa shape index (κ2) is 45.3. The largest absolute Gasteiger partial charge is 0.305 e. The van der Waals surface area contributed by atoms with E-state index in [9.17, 15) is 0 Å². The van der Waals surface area contributed by atoms with Crippen molar-refractivity contribution in [3.05, 3.63) is 274 Å². The fourth-order valence-electron chi connectivity index (χ4n) is 15.1. The Hall–Kier alpha value is -5.12. The van der Waals surface area contributed by atoms with Gasteiger partial charge >= 0.3 is 0 Å². The van der Waals surface area contributed by atoms with Crippen molar-refractivity contribution < 1.29 is 101 Å². The van der Waals surface area contributed by atoms with E-state index in [2.05, 4.69) is 394 Å². The third kappa shape index (κ3) is 29.8. The molecular weight excluding hydrogens is 2400 g/mol. The molecule has 12 aromatic rings. The van der Waals surface area contributed by atoms with Crippen LogP contribution in [0.4, 0.5) is 0 Å². The van der Waals surface area contributed by atoms with Crippen LogP contribution >= 0.6 is 0 Å². The zero-order valence-electron chi connectivity index (χ0n) is 75.1. The van der Waals surface area contributed by atoms with Crippen LogP contribution in [0.1, 0.15) is 139 Å². The number of fused-ring (bicyclic) bond motifs is 1. The Morgan fingerprint density at radius 3 is 1.28 bits per heavy atom. The molecule has 5 nitrogen and oxygen atoms in total. The first-order valence-corrected chi connectivity index (χ1v) is 58.5. The molecule has 7 aromatic carbocycles. The number of benzene rings is 7. The van der Waals surface area contributed by atoms with Gasteiger partial charge in [0, 0.05) is 131 Å². The van der Waals surface area contributed by atoms with Crippen molar-refractivity contribution in [3.63, 3.8) is 0 Å². The minimum atomic E-state index is -1.42. The van der Waals surface area contributed by atoms with E-state index in [1.165, 1.54) is 153 Å². The Balaban J connectivity index is 0.000000305. The van der Waals surface area contributed by atoms with Gasteiger partial charge in [-0.15, -0.1) is 169 Å². The van der Waals surface area contributed by atoms with Crippen LogP contribution in [0.2, 0.25) is 98.2 Å². The summed E-state index contributed by atoms with van der Waals surface area (Å²) in [6.45, 7) is 63.9. The van der Waals surface area contributed by atoms with Crippen molar-refractivity contribution >= 4 is 77.1 Å². The van der Waals surface area contributed by atoms with E-state index >= 15 is 0 Å². The number of aryl methyl sites for hydroxylation is 9. The van der Waals surface area contributed by atoms with Crippen LogP contribution in [0.5, 0.6) is 0 Å². The van der Waals surface area contributed by atoms with Crippen molar-refractivity contribution in [3.8, 4) is 67.4 Å². The molecule has 631 valence electrons. The molecule has 15 heteroatoms. The first-order valence-electron chi connectivity index (χ1n) is 41.0. The molecular formula is C102H128Ir5N5Si5-5. The van der Waals surface area contributed by atoms with E-state index in [1.54, 1.807) is 0 Å². The average molecular weight is 2530 g/mol. The predicted octanol–water partition coefficient (Wildman–Crippen LogP) is 25.4. The van der Waals surface area contributed by atoms with Gasteiger partial charge in [0.15, 0.2) is 0 Å². The number of nitrogens with zero attached hydrogens (tertiary/aromatic N) is 5. The van der Waals surface area contributed by atoms with E-state index in [1.807, 2.05) is 6.07 Å². The summed E-state index contributed by atoms with van der Waals surface area (Å²) in [7, 11) is -6.77. The summed E-state index contributed by atoms with van der Waals surface area (Å²) in [5.41, 5.74) is 28.6. The first kappa shape index (κ1) is 104. The van der Waals surface area contributed by atoms with Crippen molar-refractivity contribution in [2.45, 2.75) is 239 Å². The van der Waals surface area contributed by atoms with Gasteiger partial charge in [0.1, 0.15) is 0 Å². The van der Waals surface area contributed by atoms with Gasteiger partial charge in [-0.3, -0.25) is 0 Å². The van der Waals surface area contributed by atoms with E-state index in [0.29, 0.717) is 17.8 Å². The summed E-state index contributed by atoms with van der Waals surface area (Å²) >= 11 is 0. The van der Waals surface area contributed by atoms with E-state index in [0.717, 1.165) is 57.0 Å². The molecule has 117 heavy (non-hydrogen) atoms. The second-order valence-electron chi connectivity index (χ2n) is 37.7. The Labute approximate surface area is 780 Å². The molecule has 0 bridgehead atoms. The molecule has 5 aromatic heterocycles. The summed E-state index contributed by atoms with van der Waals surface area (Å²) in [6, 6.07) is 71.9. The van der Waals surface area contributed by atoms with Crippen LogP contribution < -0.4 is 25.9 Å². The maximum atomic E-state index is 4.99. The smallest absolute Gasteiger partial charge is 0.0799 e. The minimum Gasteiger partial charge on any atom is -0.305 e. The molecule has 0 spiro atoms. The van der Waals surface area contributed by atoms with Gasteiger partial charge in [0.2, 0.25) is 0 Å². The Morgan fingerprint density at radius 1 is 0.376 bits per heavy atom. The van der Waals surface area contributed by atoms with Crippen LogP contribution in [0.3, 0.4) is 0 Å². The van der Waals surface area contributed by atoms with Gasteiger partial charge in [0.05, 0.1) is 40.4 Å². The van der Waals surface area contributed by atoms with Crippen LogP contribution in [-0.4, -0.2) is 65.3 Å². The zero-order chi connectivity index (χ0) is 81.9. The molecule has 1 saturated carbocycles. The summed E-state index contributed by atoms with van der Waals surface area (Å²) < 4.78 is 0. The summed E-state index contributed by atoms with van der Waals surface area (Å²) in [5, 5.41) is 9.68. The molecule has 0 N–H and O–H groups in total. The summed E-state index contributed by atoms with van der Waals surface area (Å²) in [6.07, 6.45) is 16.2. The van der Waals surface area contributed by atoms with Crippen molar-refractivity contribution in [2.24, 2.45) is 5.92 Å². The molecule has 0 unspecified atom stereocenters. The van der Waals surface area contributed by atoms with Gasteiger partial charge in [-0.25, -0.2) is 0 Å². The third-order valence-electron chi connectivity index (χ3n) is 20.9. The third-order valence-corrected chi connectivity index (χ3v) is 31.1. The summed E-state index contributed by atoms with van der Waals surface area (Å²) in [4.78, 5) is 24.4. The van der Waals surface area contributed by atoms with E-state index in [4.69, 9.17) is 19.9 Å². The molecule has 0 atom stereocenters. The first-order chi connectivity index (χ1) is 52.5. The van der Waals surface area contributed by atoms with Crippen LogP contribution in [0.15, 0.2) is 176 Å². The van der Waals surface area contributed by atoms with Crippen molar-refractivity contribution in [1.29, 1.82) is 0 Å². The molecule has 5 heterocycles. The van der Waals surface area contributed by atoms with E-state index in [-0.39, 0.29) is 101 Å². The second-order valence-corrected chi connectivity index (χ2v) is 63.0. The number of hydrogen-bond donors (Lipinski definition) is 0. The average Bonchev–Trinajstić information content (AvgIpc) is 0.795. The quantitative estimate of drug-likeness (QED) is 0.0756. The number of hydrogen-bond acceptors (Lipinski definition) is 5. The normalized spacial score (nSPS) is 12.3. The number of aromatic nitrogens is 5. The maximum Gasteiger partial charge on any atom is 0.0799 e. The van der Waals surface area contributed by atoms with Crippen molar-refractivity contribution in [2.75, 3.05) is 0 Å². The fraction of sp³-hybridized carbons (Fsp3) is 0.363. The zero-order valence-corrected chi connectivity index (χ0v) is 92.1. The van der Waals surface area contributed by atoms with Crippen LogP contribution in [-0.2, 0) is 107 Å². The minimum absolute atomic E-state index is 0. The van der Waals surface area contributed by atoms with Crippen LogP contribution in [0, 0.1) is 98.6 Å². The van der Waals surface area contributed by atoms with Gasteiger partial charge in [0.25, 0.3) is 0 Å². The molecule has 0 aliphatic heterocycles. The van der Waals surface area contributed by atoms with E-state index < -0.39 is 40.4 Å². The Bertz CT molecular complexity index is 5150. The number of pyridine rings is 5. The topological polar surface area (TPSA) is 64.5 Å². The molecule has 1 aliphatic rings. The molecule has 5 radical (unpaired) electrons. The SMILES string of the molecule is Cc1[c-]c(-c2ccc([Si](C)(C)C)c(C(C)C)n2)cc(C)c1.Cc1[c-]c(-c2ncc([Si](C)(C)C)cc2-c2ccccc2)cc(C)c1.Cc1[c-]c(-c2ncc([Si](C)(C)C)cc2C2CCCCC2)cc(C)c1.Cc1[c-]c(-c2ncc([Si](C)(C)C)cc2CC(C)C)cc(C)c1.Cc1cc(-c2[c-]cc3ccccc3c2)ncc1[Si](C)(C)C.[Ir].[Ir].[Ir].[Ir].[Ir]. The van der Waals surface area contributed by atoms with Crippen molar-refractivity contribution in [1.82, 2.24) is 24.9 Å². The standard InChI is InChI=1S/C22H30NSi.C22H24NSi.C20H28NSi.C19H20NSi.C19H26NSi.5Ir/c2*1-16-11-17(2)13-19(12-16)22-21(18-9-7-6-8-10-18)14-20(15-23-22)24(3,4)5;1-14(2)8-17-12-19(22(5,6)7)13-21-20(17)18-10-15(3)9-16(4)11-18;1-14-11-18(20-13-19(14)21(2,3)4)17-10-9-15-7-5-6-8-16(15)12-17;1-13(2)19-18(21(5,6)7)9-8-17(20-19)16-11-14(3)10-15(4)12-16;;;;;/h11-12,14-15,18H,6-10H2,1-5H3;6-12,14-15H,1-5H3;9-10,12-14H,8H2,1-7H3;5-9,11-13H,1-4H3;8-11,13H,1-7H3;;;;;/q5*-1;;;;;. The van der Waals surface area contributed by atoms with Crippen LogP contribution in [0.25, 0.3) is 78.2 Å². The molecule has 1 fully saturated rings. The number of rotatable bonds is 15. The monoisotopic (exact) mass is 2530 g/mol. The Kier molecular flexibility index (Phi) is 40.4. The molecule has 0 saturated heterocycles. The molecule has 1 aliphatic carbocycles. The Morgan fingerprint density at radius 2 is 0.812 bits per heavy atom. The molecule has 13 rings (SSSR count). The fourth-order valence-corrected chi connectivity index (χ4v) is 21.6. The predicted molar refractivity (Wildman–Crippen MR) is 501 cm³/mol.